The maximum Gasteiger partial charge on any atom is 0.196 e. The molecule has 1 aromatic carbocycles. The van der Waals surface area contributed by atoms with Crippen molar-refractivity contribution in [2.75, 3.05) is 26.4 Å². The van der Waals surface area contributed by atoms with Gasteiger partial charge in [0.2, 0.25) is 0 Å². The Hall–Kier alpha value is -0.970. The molecule has 0 amide bonds. The summed E-state index contributed by atoms with van der Waals surface area (Å²) in [5.41, 5.74) is 0.813. The topological polar surface area (TPSA) is 36.9 Å². The van der Waals surface area contributed by atoms with Crippen LogP contribution in [0, 0.1) is 0 Å². The van der Waals surface area contributed by atoms with Crippen molar-refractivity contribution < 1.29 is 18.9 Å². The fourth-order valence-electron chi connectivity index (χ4n) is 2.36. The Kier molecular flexibility index (Phi) is 3.09. The van der Waals surface area contributed by atoms with Gasteiger partial charge in [0.1, 0.15) is 13.2 Å². The zero-order chi connectivity index (χ0) is 12.6. The molecule has 0 bridgehead atoms. The molecule has 0 aliphatic carbocycles. The van der Waals surface area contributed by atoms with Crippen LogP contribution in [-0.4, -0.2) is 26.4 Å². The summed E-state index contributed by atoms with van der Waals surface area (Å²) in [4.78, 5) is 0. The van der Waals surface area contributed by atoms with E-state index in [0.29, 0.717) is 49.4 Å². The molecule has 0 saturated carbocycles. The van der Waals surface area contributed by atoms with E-state index in [2.05, 4.69) is 0 Å². The summed E-state index contributed by atoms with van der Waals surface area (Å²) in [6.45, 7) is 4.28. The third-order valence-corrected chi connectivity index (χ3v) is 3.57. The first-order valence-corrected chi connectivity index (χ1v) is 6.50. The van der Waals surface area contributed by atoms with Crippen molar-refractivity contribution in [3.05, 3.63) is 22.7 Å². The van der Waals surface area contributed by atoms with E-state index in [1.807, 2.05) is 13.0 Å². The monoisotopic (exact) mass is 270 g/mol. The summed E-state index contributed by atoms with van der Waals surface area (Å²) in [5.74, 6) is 0.638. The lowest BCUT2D eigenvalue weighted by Crippen LogP contribution is -2.27. The molecule has 18 heavy (non-hydrogen) atoms. The molecular formula is C13H15ClO4. The van der Waals surface area contributed by atoms with Gasteiger partial charge in [-0.2, -0.15) is 0 Å². The van der Waals surface area contributed by atoms with Gasteiger partial charge in [0, 0.05) is 18.1 Å². The van der Waals surface area contributed by atoms with E-state index in [4.69, 9.17) is 30.5 Å². The second-order valence-electron chi connectivity index (χ2n) is 4.28. The molecule has 0 N–H and O–H groups in total. The van der Waals surface area contributed by atoms with Gasteiger partial charge in [-0.05, 0) is 6.07 Å². The molecule has 0 aromatic heterocycles. The molecule has 5 heteroatoms. The smallest absolute Gasteiger partial charge is 0.196 e. The maximum absolute atomic E-state index is 6.31. The Morgan fingerprint density at radius 1 is 1.06 bits per heavy atom. The van der Waals surface area contributed by atoms with Crippen molar-refractivity contribution in [1.82, 2.24) is 0 Å². The first kappa shape index (κ1) is 12.1. The van der Waals surface area contributed by atoms with Crippen LogP contribution in [-0.2, 0) is 15.3 Å². The number of hydrogen-bond donors (Lipinski definition) is 0. The fourth-order valence-corrected chi connectivity index (χ4v) is 2.66. The number of halogens is 1. The number of fused-ring (bicyclic) bond motifs is 1. The van der Waals surface area contributed by atoms with Crippen molar-refractivity contribution in [3.8, 4) is 11.5 Å². The van der Waals surface area contributed by atoms with Gasteiger partial charge in [-0.25, -0.2) is 0 Å². The molecule has 2 aliphatic heterocycles. The minimum atomic E-state index is -0.743. The van der Waals surface area contributed by atoms with Crippen LogP contribution in [0.4, 0.5) is 0 Å². The van der Waals surface area contributed by atoms with Gasteiger partial charge >= 0.3 is 0 Å². The van der Waals surface area contributed by atoms with Gasteiger partial charge in [0.15, 0.2) is 17.3 Å². The lowest BCUT2D eigenvalue weighted by Gasteiger charge is -2.29. The van der Waals surface area contributed by atoms with Gasteiger partial charge in [-0.15, -0.1) is 0 Å². The predicted octanol–water partition coefficient (Wildman–Crippen LogP) is 2.72. The minimum absolute atomic E-state index is 0.550. The van der Waals surface area contributed by atoms with Gasteiger partial charge in [0.05, 0.1) is 18.2 Å². The molecule has 1 saturated heterocycles. The highest BCUT2D eigenvalue weighted by Crippen LogP contribution is 2.44. The van der Waals surface area contributed by atoms with Gasteiger partial charge in [-0.3, -0.25) is 0 Å². The summed E-state index contributed by atoms with van der Waals surface area (Å²) in [6, 6.07) is 3.64. The second-order valence-corrected chi connectivity index (χ2v) is 4.69. The third kappa shape index (κ3) is 1.85. The molecule has 4 nitrogen and oxygen atoms in total. The zero-order valence-electron chi connectivity index (χ0n) is 10.2. The average Bonchev–Trinajstić information content (AvgIpc) is 2.88. The highest BCUT2D eigenvalue weighted by molar-refractivity contribution is 6.31. The predicted molar refractivity (Wildman–Crippen MR) is 66.3 cm³/mol. The van der Waals surface area contributed by atoms with Crippen molar-refractivity contribution in [2.24, 2.45) is 0 Å². The van der Waals surface area contributed by atoms with E-state index in [0.717, 1.165) is 5.56 Å². The standard InChI is InChI=1S/C13H15ClO4/c1-2-13(17-5-6-18-13)9-7-11-12(8-10(9)14)16-4-3-15-11/h7-8H,2-6H2,1H3. The number of rotatable bonds is 2. The first-order chi connectivity index (χ1) is 8.75. The summed E-state index contributed by atoms with van der Waals surface area (Å²) in [6.07, 6.45) is 0.701. The van der Waals surface area contributed by atoms with E-state index >= 15 is 0 Å². The van der Waals surface area contributed by atoms with Gasteiger partial charge < -0.3 is 18.9 Å². The van der Waals surface area contributed by atoms with Crippen LogP contribution in [0.3, 0.4) is 0 Å². The molecular weight excluding hydrogens is 256 g/mol. The van der Waals surface area contributed by atoms with Crippen LogP contribution in [0.15, 0.2) is 12.1 Å². The van der Waals surface area contributed by atoms with Crippen molar-refractivity contribution in [2.45, 2.75) is 19.1 Å². The summed E-state index contributed by atoms with van der Waals surface area (Å²) < 4.78 is 22.6. The van der Waals surface area contributed by atoms with Gasteiger partial charge in [-0.1, -0.05) is 18.5 Å². The second kappa shape index (κ2) is 4.61. The number of hydrogen-bond acceptors (Lipinski definition) is 4. The summed E-state index contributed by atoms with van der Waals surface area (Å²) in [7, 11) is 0. The SMILES string of the molecule is CCC1(c2cc3c(cc2Cl)OCCO3)OCCO1. The van der Waals surface area contributed by atoms with E-state index in [1.54, 1.807) is 6.07 Å². The average molecular weight is 271 g/mol. The molecule has 1 fully saturated rings. The van der Waals surface area contributed by atoms with Crippen LogP contribution in [0.5, 0.6) is 11.5 Å². The van der Waals surface area contributed by atoms with Crippen LogP contribution in [0.1, 0.15) is 18.9 Å². The lowest BCUT2D eigenvalue weighted by molar-refractivity contribution is -0.167. The normalized spacial score (nSPS) is 21.0. The molecule has 3 rings (SSSR count). The fraction of sp³-hybridized carbons (Fsp3) is 0.538. The molecule has 0 spiro atoms. The van der Waals surface area contributed by atoms with Crippen LogP contribution in [0.2, 0.25) is 5.02 Å². The minimum Gasteiger partial charge on any atom is -0.486 e. The molecule has 1 aromatic rings. The van der Waals surface area contributed by atoms with Crippen LogP contribution in [0.25, 0.3) is 0 Å². The van der Waals surface area contributed by atoms with Crippen molar-refractivity contribution >= 4 is 11.6 Å². The van der Waals surface area contributed by atoms with Crippen LogP contribution < -0.4 is 9.47 Å². The van der Waals surface area contributed by atoms with E-state index in [9.17, 15) is 0 Å². The maximum atomic E-state index is 6.31. The van der Waals surface area contributed by atoms with E-state index < -0.39 is 5.79 Å². The summed E-state index contributed by atoms with van der Waals surface area (Å²) in [5, 5.41) is 0.586. The van der Waals surface area contributed by atoms with Gasteiger partial charge in [0.25, 0.3) is 0 Å². The molecule has 0 unspecified atom stereocenters. The Morgan fingerprint density at radius 3 is 2.28 bits per heavy atom. The largest absolute Gasteiger partial charge is 0.486 e. The van der Waals surface area contributed by atoms with E-state index in [1.165, 1.54) is 0 Å². The lowest BCUT2D eigenvalue weighted by atomic mass is 10.0. The molecule has 0 atom stereocenters. The molecule has 0 radical (unpaired) electrons. The molecule has 2 aliphatic rings. The zero-order valence-corrected chi connectivity index (χ0v) is 11.0. The van der Waals surface area contributed by atoms with Crippen molar-refractivity contribution in [1.29, 1.82) is 0 Å². The Bertz CT molecular complexity index is 455. The van der Waals surface area contributed by atoms with E-state index in [-0.39, 0.29) is 0 Å². The Balaban J connectivity index is 2.05. The highest BCUT2D eigenvalue weighted by atomic mass is 35.5. The number of benzene rings is 1. The first-order valence-electron chi connectivity index (χ1n) is 6.13. The third-order valence-electron chi connectivity index (χ3n) is 3.26. The Morgan fingerprint density at radius 2 is 1.67 bits per heavy atom. The number of ether oxygens (including phenoxy) is 4. The Labute approximate surface area is 111 Å². The van der Waals surface area contributed by atoms with Crippen molar-refractivity contribution in [3.63, 3.8) is 0 Å². The summed E-state index contributed by atoms with van der Waals surface area (Å²) >= 11 is 6.31. The molecule has 98 valence electrons. The highest BCUT2D eigenvalue weighted by Gasteiger charge is 2.39. The molecule has 2 heterocycles. The van der Waals surface area contributed by atoms with Crippen LogP contribution >= 0.6 is 11.6 Å². The quantitative estimate of drug-likeness (QED) is 0.828.